The molecule has 1 aliphatic rings. The Balaban J connectivity index is 1.55. The van der Waals surface area contributed by atoms with Crippen LogP contribution in [0.3, 0.4) is 0 Å². The maximum absolute atomic E-state index is 12.7. The Hall–Kier alpha value is -3.22. The van der Waals surface area contributed by atoms with Crippen molar-refractivity contribution < 1.29 is 14.7 Å². The first-order chi connectivity index (χ1) is 13.9. The van der Waals surface area contributed by atoms with Gasteiger partial charge in [0.05, 0.1) is 0 Å². The van der Waals surface area contributed by atoms with E-state index in [0.717, 1.165) is 18.8 Å². The summed E-state index contributed by atoms with van der Waals surface area (Å²) in [5, 5.41) is 15.0. The van der Waals surface area contributed by atoms with Crippen molar-refractivity contribution >= 4 is 23.3 Å². The number of hydrogen-bond acceptors (Lipinski definition) is 4. The molecule has 0 aliphatic carbocycles. The molecule has 3 rings (SSSR count). The van der Waals surface area contributed by atoms with Gasteiger partial charge in [-0.3, -0.25) is 4.79 Å². The molecule has 3 N–H and O–H groups in total. The van der Waals surface area contributed by atoms with E-state index in [-0.39, 0.29) is 23.6 Å². The van der Waals surface area contributed by atoms with Crippen LogP contribution in [0.4, 0.5) is 16.2 Å². The minimum Gasteiger partial charge on any atom is -0.508 e. The minimum absolute atomic E-state index is 0.0679. The summed E-state index contributed by atoms with van der Waals surface area (Å²) >= 11 is 0. The largest absolute Gasteiger partial charge is 0.508 e. The molecule has 1 aliphatic heterocycles. The molecule has 154 valence electrons. The number of anilines is 2. The van der Waals surface area contributed by atoms with Gasteiger partial charge in [0.1, 0.15) is 11.8 Å². The predicted molar refractivity (Wildman–Crippen MR) is 114 cm³/mol. The van der Waals surface area contributed by atoms with Crippen molar-refractivity contribution in [3.8, 4) is 5.75 Å². The molecule has 7 nitrogen and oxygen atoms in total. The molecule has 0 aromatic heterocycles. The number of carbonyl (C=O) groups is 2. The number of urea groups is 1. The standard InChI is InChI=1S/C22H28N4O3/c1-16(2)20(21(28)23-17-8-10-19(27)11-9-17)24-22(29)26-14-12-25(13-15-26)18-6-4-3-5-7-18/h3-11,16,20,27H,12-15H2,1-2H3,(H,23,28)(H,24,29)/t20-/m0/s1. The van der Waals surface area contributed by atoms with E-state index in [0.29, 0.717) is 18.8 Å². The second-order valence-electron chi connectivity index (χ2n) is 7.52. The van der Waals surface area contributed by atoms with Crippen molar-refractivity contribution in [3.63, 3.8) is 0 Å². The lowest BCUT2D eigenvalue weighted by molar-refractivity contribution is -0.118. The maximum Gasteiger partial charge on any atom is 0.318 e. The van der Waals surface area contributed by atoms with Gasteiger partial charge in [-0.05, 0) is 42.3 Å². The quantitative estimate of drug-likeness (QED) is 0.679. The number of phenolic OH excluding ortho intramolecular Hbond substituents is 1. The number of nitrogens with zero attached hydrogens (tertiary/aromatic N) is 2. The summed E-state index contributed by atoms with van der Waals surface area (Å²) in [7, 11) is 0. The molecule has 0 bridgehead atoms. The Kier molecular flexibility index (Phi) is 6.59. The van der Waals surface area contributed by atoms with E-state index in [1.165, 1.54) is 12.1 Å². The molecule has 1 fully saturated rings. The van der Waals surface area contributed by atoms with E-state index < -0.39 is 6.04 Å². The summed E-state index contributed by atoms with van der Waals surface area (Å²) in [6.45, 7) is 6.51. The third-order valence-corrected chi connectivity index (χ3v) is 5.05. The number of amides is 3. The van der Waals surface area contributed by atoms with Gasteiger partial charge in [-0.15, -0.1) is 0 Å². The van der Waals surface area contributed by atoms with Gasteiger partial charge in [0, 0.05) is 37.6 Å². The topological polar surface area (TPSA) is 84.9 Å². The summed E-state index contributed by atoms with van der Waals surface area (Å²) in [6.07, 6.45) is 0. The van der Waals surface area contributed by atoms with Crippen molar-refractivity contribution in [2.24, 2.45) is 5.92 Å². The highest BCUT2D eigenvalue weighted by Crippen LogP contribution is 2.17. The van der Waals surface area contributed by atoms with Crippen LogP contribution < -0.4 is 15.5 Å². The first kappa shape index (κ1) is 20.5. The average Bonchev–Trinajstić information content (AvgIpc) is 2.74. The Morgan fingerprint density at radius 3 is 2.14 bits per heavy atom. The van der Waals surface area contributed by atoms with Crippen LogP contribution in [0.25, 0.3) is 0 Å². The Bertz CT molecular complexity index is 816. The summed E-state index contributed by atoms with van der Waals surface area (Å²) in [5.41, 5.74) is 1.73. The smallest absolute Gasteiger partial charge is 0.318 e. The number of aromatic hydroxyl groups is 1. The maximum atomic E-state index is 12.7. The first-order valence-corrected chi connectivity index (χ1v) is 9.89. The molecule has 3 amide bonds. The van der Waals surface area contributed by atoms with Gasteiger partial charge in [0.25, 0.3) is 0 Å². The highest BCUT2D eigenvalue weighted by Gasteiger charge is 2.28. The van der Waals surface area contributed by atoms with Gasteiger partial charge in [-0.2, -0.15) is 0 Å². The monoisotopic (exact) mass is 396 g/mol. The van der Waals surface area contributed by atoms with Crippen LogP contribution in [0.5, 0.6) is 5.75 Å². The summed E-state index contributed by atoms with van der Waals surface area (Å²) in [5.74, 6) is -0.213. The van der Waals surface area contributed by atoms with Gasteiger partial charge in [0.15, 0.2) is 0 Å². The van der Waals surface area contributed by atoms with Gasteiger partial charge < -0.3 is 25.5 Å². The van der Waals surface area contributed by atoms with E-state index in [4.69, 9.17) is 0 Å². The zero-order valence-corrected chi connectivity index (χ0v) is 16.8. The van der Waals surface area contributed by atoms with Crippen molar-refractivity contribution in [1.82, 2.24) is 10.2 Å². The number of piperazine rings is 1. The number of benzene rings is 2. The third kappa shape index (κ3) is 5.40. The molecule has 1 heterocycles. The lowest BCUT2D eigenvalue weighted by Gasteiger charge is -2.37. The molecule has 7 heteroatoms. The fourth-order valence-electron chi connectivity index (χ4n) is 3.33. The lowest BCUT2D eigenvalue weighted by Crippen LogP contribution is -2.56. The van der Waals surface area contributed by atoms with Crippen LogP contribution in [0.1, 0.15) is 13.8 Å². The molecule has 2 aromatic rings. The zero-order valence-electron chi connectivity index (χ0n) is 16.8. The first-order valence-electron chi connectivity index (χ1n) is 9.89. The number of nitrogens with one attached hydrogen (secondary N) is 2. The molecule has 1 saturated heterocycles. The number of phenols is 1. The Morgan fingerprint density at radius 2 is 1.55 bits per heavy atom. The molecule has 0 unspecified atom stereocenters. The van der Waals surface area contributed by atoms with Crippen LogP contribution in [-0.4, -0.2) is 54.2 Å². The van der Waals surface area contributed by atoms with Crippen LogP contribution >= 0.6 is 0 Å². The molecule has 29 heavy (non-hydrogen) atoms. The van der Waals surface area contributed by atoms with Gasteiger partial charge in [0.2, 0.25) is 5.91 Å². The number of carbonyl (C=O) groups excluding carboxylic acids is 2. The highest BCUT2D eigenvalue weighted by molar-refractivity contribution is 5.97. The normalized spacial score (nSPS) is 15.1. The molecule has 2 aromatic carbocycles. The van der Waals surface area contributed by atoms with E-state index in [1.54, 1.807) is 17.0 Å². The zero-order chi connectivity index (χ0) is 20.8. The minimum atomic E-state index is -0.650. The van der Waals surface area contributed by atoms with Crippen LogP contribution in [0.15, 0.2) is 54.6 Å². The molecular weight excluding hydrogens is 368 g/mol. The van der Waals surface area contributed by atoms with Crippen molar-refractivity contribution in [3.05, 3.63) is 54.6 Å². The lowest BCUT2D eigenvalue weighted by atomic mass is 10.0. The molecule has 1 atom stereocenters. The summed E-state index contributed by atoms with van der Waals surface area (Å²) in [4.78, 5) is 29.4. The second kappa shape index (κ2) is 9.32. The average molecular weight is 396 g/mol. The Labute approximate surface area is 171 Å². The second-order valence-corrected chi connectivity index (χ2v) is 7.52. The van der Waals surface area contributed by atoms with E-state index >= 15 is 0 Å². The molecule has 0 radical (unpaired) electrons. The van der Waals surface area contributed by atoms with E-state index in [9.17, 15) is 14.7 Å². The molecule has 0 saturated carbocycles. The predicted octanol–water partition coefficient (Wildman–Crippen LogP) is 2.89. The molecule has 0 spiro atoms. The SMILES string of the molecule is CC(C)[C@H](NC(=O)N1CCN(c2ccccc2)CC1)C(=O)Nc1ccc(O)cc1. The summed E-state index contributed by atoms with van der Waals surface area (Å²) < 4.78 is 0. The third-order valence-electron chi connectivity index (χ3n) is 5.05. The number of rotatable bonds is 5. The van der Waals surface area contributed by atoms with E-state index in [1.807, 2.05) is 32.0 Å². The van der Waals surface area contributed by atoms with Crippen molar-refractivity contribution in [1.29, 1.82) is 0 Å². The Morgan fingerprint density at radius 1 is 0.931 bits per heavy atom. The fourth-order valence-corrected chi connectivity index (χ4v) is 3.33. The van der Waals surface area contributed by atoms with Crippen LogP contribution in [0.2, 0.25) is 0 Å². The van der Waals surface area contributed by atoms with Crippen molar-refractivity contribution in [2.45, 2.75) is 19.9 Å². The van der Waals surface area contributed by atoms with Gasteiger partial charge >= 0.3 is 6.03 Å². The van der Waals surface area contributed by atoms with Gasteiger partial charge in [-0.25, -0.2) is 4.79 Å². The molecular formula is C22H28N4O3. The van der Waals surface area contributed by atoms with E-state index in [2.05, 4.69) is 27.7 Å². The van der Waals surface area contributed by atoms with Gasteiger partial charge in [-0.1, -0.05) is 32.0 Å². The van der Waals surface area contributed by atoms with Crippen LogP contribution in [-0.2, 0) is 4.79 Å². The van der Waals surface area contributed by atoms with Crippen LogP contribution in [0, 0.1) is 5.92 Å². The van der Waals surface area contributed by atoms with Crippen molar-refractivity contribution in [2.75, 3.05) is 36.4 Å². The summed E-state index contributed by atoms with van der Waals surface area (Å²) in [6, 6.07) is 15.5. The highest BCUT2D eigenvalue weighted by atomic mass is 16.3. The fraction of sp³-hybridized carbons (Fsp3) is 0.364. The number of hydrogen-bond donors (Lipinski definition) is 3. The number of para-hydroxylation sites is 1.